The van der Waals surface area contributed by atoms with Gasteiger partial charge in [-0.3, -0.25) is 9.59 Å². The van der Waals surface area contributed by atoms with Gasteiger partial charge in [0.25, 0.3) is 5.56 Å². The lowest BCUT2D eigenvalue weighted by Crippen LogP contribution is -2.38. The first-order valence-corrected chi connectivity index (χ1v) is 5.61. The van der Waals surface area contributed by atoms with Crippen LogP contribution in [-0.4, -0.2) is 28.2 Å². The van der Waals surface area contributed by atoms with Crippen molar-refractivity contribution in [2.75, 3.05) is 6.54 Å². The number of hydrogen-bond donors (Lipinski definition) is 2. The van der Waals surface area contributed by atoms with Crippen LogP contribution < -0.4 is 10.9 Å². The van der Waals surface area contributed by atoms with Gasteiger partial charge >= 0.3 is 0 Å². The Kier molecular flexibility index (Phi) is 4.90. The van der Waals surface area contributed by atoms with Crippen molar-refractivity contribution in [1.29, 1.82) is 0 Å². The van der Waals surface area contributed by atoms with Crippen LogP contribution in [0, 0.1) is 5.92 Å². The lowest BCUT2D eigenvalue weighted by atomic mass is 10.1. The number of nitrogens with one attached hydrogen (secondary N) is 1. The topological polar surface area (TPSA) is 71.3 Å². The van der Waals surface area contributed by atoms with Crippen molar-refractivity contribution in [2.24, 2.45) is 5.92 Å². The maximum atomic E-state index is 11.5. The number of rotatable bonds is 5. The summed E-state index contributed by atoms with van der Waals surface area (Å²) in [5.41, 5.74) is -0.216. The molecule has 1 aromatic rings. The molecule has 0 aliphatic rings. The van der Waals surface area contributed by atoms with Crippen LogP contribution in [0.2, 0.25) is 0 Å². The molecule has 0 bridgehead atoms. The summed E-state index contributed by atoms with van der Waals surface area (Å²) in [6.45, 7) is 3.93. The zero-order valence-corrected chi connectivity index (χ0v) is 10.1. The highest BCUT2D eigenvalue weighted by molar-refractivity contribution is 5.75. The predicted octanol–water partition coefficient (Wildman–Crippen LogP) is -0.0186. The molecule has 0 aliphatic carbocycles. The first-order chi connectivity index (χ1) is 8.00. The Labute approximate surface area is 100 Å². The molecule has 94 valence electrons. The fourth-order valence-electron chi connectivity index (χ4n) is 1.26. The van der Waals surface area contributed by atoms with Crippen LogP contribution in [0.15, 0.2) is 29.2 Å². The smallest absolute Gasteiger partial charge is 0.250 e. The molecule has 17 heavy (non-hydrogen) atoms. The van der Waals surface area contributed by atoms with Gasteiger partial charge in [-0.2, -0.15) is 0 Å². The van der Waals surface area contributed by atoms with Gasteiger partial charge < -0.3 is 15.0 Å². The molecule has 0 saturated heterocycles. The van der Waals surface area contributed by atoms with E-state index < -0.39 is 6.10 Å². The molecule has 1 amide bonds. The van der Waals surface area contributed by atoms with Crippen molar-refractivity contribution in [2.45, 2.75) is 26.5 Å². The molecule has 0 spiro atoms. The highest BCUT2D eigenvalue weighted by Crippen LogP contribution is 1.98. The van der Waals surface area contributed by atoms with E-state index in [1.54, 1.807) is 18.3 Å². The number of amides is 1. The van der Waals surface area contributed by atoms with Gasteiger partial charge in [0.2, 0.25) is 5.91 Å². The molecule has 5 heteroatoms. The Morgan fingerprint density at radius 2 is 2.18 bits per heavy atom. The number of aromatic nitrogens is 1. The van der Waals surface area contributed by atoms with E-state index in [1.165, 1.54) is 10.6 Å². The maximum absolute atomic E-state index is 11.5. The fourth-order valence-corrected chi connectivity index (χ4v) is 1.26. The molecule has 1 atom stereocenters. The first-order valence-electron chi connectivity index (χ1n) is 5.61. The monoisotopic (exact) mass is 238 g/mol. The Hall–Kier alpha value is -1.62. The van der Waals surface area contributed by atoms with E-state index in [1.807, 2.05) is 13.8 Å². The average molecular weight is 238 g/mol. The quantitative estimate of drug-likeness (QED) is 0.757. The minimum atomic E-state index is -0.563. The molecule has 0 aromatic carbocycles. The van der Waals surface area contributed by atoms with Gasteiger partial charge in [-0.25, -0.2) is 0 Å². The van der Waals surface area contributed by atoms with Crippen LogP contribution in [0.4, 0.5) is 0 Å². The molecular formula is C12H18N2O3. The zero-order chi connectivity index (χ0) is 12.8. The largest absolute Gasteiger partial charge is 0.391 e. The highest BCUT2D eigenvalue weighted by Gasteiger charge is 2.10. The Morgan fingerprint density at radius 1 is 1.47 bits per heavy atom. The minimum Gasteiger partial charge on any atom is -0.391 e. The molecule has 0 fully saturated rings. The van der Waals surface area contributed by atoms with Gasteiger partial charge in [-0.1, -0.05) is 19.9 Å². The molecule has 1 heterocycles. The number of aliphatic hydroxyl groups excluding tert-OH is 1. The van der Waals surface area contributed by atoms with Crippen LogP contribution in [0.5, 0.6) is 0 Å². The molecule has 0 radical (unpaired) electrons. The number of nitrogens with zero attached hydrogens (tertiary/aromatic N) is 1. The van der Waals surface area contributed by atoms with Crippen molar-refractivity contribution in [3.8, 4) is 0 Å². The summed E-state index contributed by atoms with van der Waals surface area (Å²) in [5, 5.41) is 12.1. The van der Waals surface area contributed by atoms with Gasteiger partial charge in [0.05, 0.1) is 6.10 Å². The van der Waals surface area contributed by atoms with E-state index >= 15 is 0 Å². The van der Waals surface area contributed by atoms with Crippen molar-refractivity contribution >= 4 is 5.91 Å². The number of pyridine rings is 1. The Bertz CT molecular complexity index is 426. The number of hydrogen-bond acceptors (Lipinski definition) is 3. The number of carbonyl (C=O) groups is 1. The normalized spacial score (nSPS) is 12.5. The molecular weight excluding hydrogens is 220 g/mol. The van der Waals surface area contributed by atoms with Crippen LogP contribution in [0.3, 0.4) is 0 Å². The lowest BCUT2D eigenvalue weighted by Gasteiger charge is -2.15. The van der Waals surface area contributed by atoms with Crippen molar-refractivity contribution < 1.29 is 9.90 Å². The number of aliphatic hydroxyl groups is 1. The van der Waals surface area contributed by atoms with E-state index in [9.17, 15) is 14.7 Å². The van der Waals surface area contributed by atoms with E-state index in [4.69, 9.17) is 0 Å². The zero-order valence-electron chi connectivity index (χ0n) is 10.1. The third kappa shape index (κ3) is 4.40. The second-order valence-electron chi connectivity index (χ2n) is 4.28. The number of carbonyl (C=O) groups excluding carboxylic acids is 1. The molecule has 0 aliphatic heterocycles. The summed E-state index contributed by atoms with van der Waals surface area (Å²) in [5.74, 6) is -0.187. The lowest BCUT2D eigenvalue weighted by molar-refractivity contribution is -0.122. The van der Waals surface area contributed by atoms with E-state index in [0.717, 1.165) is 0 Å². The first kappa shape index (κ1) is 13.4. The van der Waals surface area contributed by atoms with Crippen LogP contribution in [0.25, 0.3) is 0 Å². The Morgan fingerprint density at radius 3 is 2.76 bits per heavy atom. The minimum absolute atomic E-state index is 0.0233. The summed E-state index contributed by atoms with van der Waals surface area (Å²) in [4.78, 5) is 22.8. The molecule has 1 unspecified atom stereocenters. The molecule has 5 nitrogen and oxygen atoms in total. The van der Waals surface area contributed by atoms with Gasteiger partial charge in [0.15, 0.2) is 0 Å². The second kappa shape index (κ2) is 6.20. The van der Waals surface area contributed by atoms with Gasteiger partial charge in [-0.15, -0.1) is 0 Å². The molecule has 1 aromatic heterocycles. The van der Waals surface area contributed by atoms with Crippen molar-refractivity contribution in [1.82, 2.24) is 9.88 Å². The molecule has 0 saturated carbocycles. The van der Waals surface area contributed by atoms with Gasteiger partial charge in [-0.05, 0) is 12.0 Å². The van der Waals surface area contributed by atoms with E-state index in [2.05, 4.69) is 5.32 Å². The predicted molar refractivity (Wildman–Crippen MR) is 64.6 cm³/mol. The van der Waals surface area contributed by atoms with E-state index in [-0.39, 0.29) is 30.5 Å². The summed E-state index contributed by atoms with van der Waals surface area (Å²) >= 11 is 0. The second-order valence-corrected chi connectivity index (χ2v) is 4.28. The summed E-state index contributed by atoms with van der Waals surface area (Å²) in [7, 11) is 0. The van der Waals surface area contributed by atoms with Crippen molar-refractivity contribution in [3.05, 3.63) is 34.7 Å². The van der Waals surface area contributed by atoms with Crippen molar-refractivity contribution in [3.63, 3.8) is 0 Å². The average Bonchev–Trinajstić information content (AvgIpc) is 2.29. The summed E-state index contributed by atoms with van der Waals surface area (Å²) < 4.78 is 1.32. The van der Waals surface area contributed by atoms with Gasteiger partial charge in [0.1, 0.15) is 6.54 Å². The summed E-state index contributed by atoms with van der Waals surface area (Å²) in [6.07, 6.45) is 0.993. The van der Waals surface area contributed by atoms with Crippen LogP contribution in [-0.2, 0) is 11.3 Å². The molecule has 1 rings (SSSR count). The Balaban J connectivity index is 2.46. The van der Waals surface area contributed by atoms with Crippen LogP contribution in [0.1, 0.15) is 13.8 Å². The van der Waals surface area contributed by atoms with E-state index in [0.29, 0.717) is 0 Å². The summed E-state index contributed by atoms with van der Waals surface area (Å²) in [6, 6.07) is 4.72. The fraction of sp³-hybridized carbons (Fsp3) is 0.500. The SMILES string of the molecule is CC(C)C(O)CNC(=O)Cn1ccccc1=O. The highest BCUT2D eigenvalue weighted by atomic mass is 16.3. The third-order valence-corrected chi connectivity index (χ3v) is 2.49. The standard InChI is InChI=1S/C12H18N2O3/c1-9(2)10(15)7-13-11(16)8-14-6-4-3-5-12(14)17/h3-6,9-10,15H,7-8H2,1-2H3,(H,13,16). The van der Waals surface area contributed by atoms with Gasteiger partial charge in [0, 0.05) is 18.8 Å². The third-order valence-electron chi connectivity index (χ3n) is 2.49. The van der Waals surface area contributed by atoms with Crippen LogP contribution >= 0.6 is 0 Å². The maximum Gasteiger partial charge on any atom is 0.250 e. The molecule has 2 N–H and O–H groups in total.